The average Bonchev–Trinajstić information content (AvgIpc) is 2.51. The van der Waals surface area contributed by atoms with Gasteiger partial charge in [-0.2, -0.15) is 0 Å². The molecule has 1 N–H and O–H groups in total. The van der Waals surface area contributed by atoms with Crippen LogP contribution in [0, 0.1) is 6.92 Å². The molecule has 5 nitrogen and oxygen atoms in total. The maximum absolute atomic E-state index is 12.5. The van der Waals surface area contributed by atoms with Crippen LogP contribution in [0.1, 0.15) is 38.4 Å². The number of nitrogens with zero attached hydrogens (tertiary/aromatic N) is 2. The molecule has 0 atom stereocenters. The molecule has 1 aromatic carbocycles. The van der Waals surface area contributed by atoms with Crippen molar-refractivity contribution >= 4 is 16.8 Å². The first kappa shape index (κ1) is 16.2. The van der Waals surface area contributed by atoms with Crippen LogP contribution >= 0.6 is 0 Å². The quantitative estimate of drug-likeness (QED) is 0.799. The van der Waals surface area contributed by atoms with Crippen LogP contribution in [0.25, 0.3) is 10.9 Å². The highest BCUT2D eigenvalue weighted by Gasteiger charge is 2.08. The van der Waals surface area contributed by atoms with Gasteiger partial charge >= 0.3 is 0 Å². The molecule has 0 bridgehead atoms. The van der Waals surface area contributed by atoms with Crippen molar-refractivity contribution in [3.05, 3.63) is 40.4 Å². The van der Waals surface area contributed by atoms with Gasteiger partial charge in [0, 0.05) is 19.5 Å². The summed E-state index contributed by atoms with van der Waals surface area (Å²) in [6.07, 6.45) is 3.14. The van der Waals surface area contributed by atoms with Gasteiger partial charge in [-0.1, -0.05) is 25.5 Å². The fourth-order valence-corrected chi connectivity index (χ4v) is 2.43. The molecule has 2 aromatic rings. The molecule has 0 radical (unpaired) electrons. The number of para-hydroxylation sites is 1. The number of carbonyl (C=O) groups excluding carboxylic acids is 1. The van der Waals surface area contributed by atoms with Crippen LogP contribution in [0.3, 0.4) is 0 Å². The number of rotatable bonds is 7. The summed E-state index contributed by atoms with van der Waals surface area (Å²) >= 11 is 0. The Hall–Kier alpha value is -2.17. The number of aromatic nitrogens is 2. The highest BCUT2D eigenvalue weighted by molar-refractivity contribution is 5.77. The fraction of sp³-hybridized carbons (Fsp3) is 0.471. The second-order valence-electron chi connectivity index (χ2n) is 5.44. The van der Waals surface area contributed by atoms with E-state index in [9.17, 15) is 9.59 Å². The number of benzene rings is 1. The standard InChI is InChI=1S/C17H23N3O2/c1-3-4-11-18-16(21)10-7-12-20-13(2)19-15-9-6-5-8-14(15)17(20)22/h5-6,8-9H,3-4,7,10-12H2,1-2H3,(H,18,21). The second-order valence-corrected chi connectivity index (χ2v) is 5.44. The number of hydrogen-bond acceptors (Lipinski definition) is 3. The van der Waals surface area contributed by atoms with Crippen molar-refractivity contribution in [2.75, 3.05) is 6.54 Å². The van der Waals surface area contributed by atoms with Crippen LogP contribution in [0.4, 0.5) is 0 Å². The number of carbonyl (C=O) groups is 1. The predicted octanol–water partition coefficient (Wildman–Crippen LogP) is 2.40. The van der Waals surface area contributed by atoms with E-state index >= 15 is 0 Å². The Morgan fingerprint density at radius 1 is 1.27 bits per heavy atom. The number of unbranched alkanes of at least 4 members (excludes halogenated alkanes) is 1. The summed E-state index contributed by atoms with van der Waals surface area (Å²) in [7, 11) is 0. The molecule has 0 aliphatic carbocycles. The van der Waals surface area contributed by atoms with E-state index in [0.29, 0.717) is 30.6 Å². The fourth-order valence-electron chi connectivity index (χ4n) is 2.43. The molecule has 0 saturated carbocycles. The van der Waals surface area contributed by atoms with Crippen molar-refractivity contribution < 1.29 is 4.79 Å². The monoisotopic (exact) mass is 301 g/mol. The largest absolute Gasteiger partial charge is 0.356 e. The maximum Gasteiger partial charge on any atom is 0.261 e. The lowest BCUT2D eigenvalue weighted by Gasteiger charge is -2.10. The van der Waals surface area contributed by atoms with E-state index in [-0.39, 0.29) is 11.5 Å². The average molecular weight is 301 g/mol. The van der Waals surface area contributed by atoms with Crippen LogP contribution in [-0.2, 0) is 11.3 Å². The van der Waals surface area contributed by atoms with E-state index in [1.165, 1.54) is 0 Å². The molecule has 0 aliphatic rings. The zero-order valence-corrected chi connectivity index (χ0v) is 13.3. The van der Waals surface area contributed by atoms with Gasteiger partial charge in [0.2, 0.25) is 5.91 Å². The van der Waals surface area contributed by atoms with Crippen molar-refractivity contribution in [1.82, 2.24) is 14.9 Å². The summed E-state index contributed by atoms with van der Waals surface area (Å²) in [5, 5.41) is 3.51. The van der Waals surface area contributed by atoms with Gasteiger partial charge in [0.1, 0.15) is 5.82 Å². The van der Waals surface area contributed by atoms with Gasteiger partial charge in [-0.05, 0) is 31.9 Å². The lowest BCUT2D eigenvalue weighted by molar-refractivity contribution is -0.121. The Morgan fingerprint density at radius 3 is 2.82 bits per heavy atom. The Bertz CT molecular complexity index is 707. The molecule has 0 spiro atoms. The molecule has 0 fully saturated rings. The summed E-state index contributed by atoms with van der Waals surface area (Å²) < 4.78 is 1.65. The number of hydrogen-bond donors (Lipinski definition) is 1. The van der Waals surface area contributed by atoms with Crippen LogP contribution in [0.15, 0.2) is 29.1 Å². The smallest absolute Gasteiger partial charge is 0.261 e. The molecule has 5 heteroatoms. The summed E-state index contributed by atoms with van der Waals surface area (Å²) in [4.78, 5) is 28.6. The number of amides is 1. The van der Waals surface area contributed by atoms with E-state index < -0.39 is 0 Å². The lowest BCUT2D eigenvalue weighted by Crippen LogP contribution is -2.27. The van der Waals surface area contributed by atoms with Crippen molar-refractivity contribution in [3.63, 3.8) is 0 Å². The third-order valence-electron chi connectivity index (χ3n) is 3.69. The SMILES string of the molecule is CCCCNC(=O)CCCn1c(C)nc2ccccc2c1=O. The first-order chi connectivity index (χ1) is 10.6. The minimum Gasteiger partial charge on any atom is -0.356 e. The Morgan fingerprint density at radius 2 is 2.05 bits per heavy atom. The topological polar surface area (TPSA) is 64.0 Å². The van der Waals surface area contributed by atoms with E-state index in [1.807, 2.05) is 25.1 Å². The van der Waals surface area contributed by atoms with E-state index in [2.05, 4.69) is 17.2 Å². The molecule has 1 heterocycles. The Kier molecular flexibility index (Phi) is 5.69. The summed E-state index contributed by atoms with van der Waals surface area (Å²) in [6, 6.07) is 7.35. The summed E-state index contributed by atoms with van der Waals surface area (Å²) in [6.45, 7) is 5.17. The van der Waals surface area contributed by atoms with Gasteiger partial charge in [-0.15, -0.1) is 0 Å². The zero-order chi connectivity index (χ0) is 15.9. The van der Waals surface area contributed by atoms with Crippen LogP contribution in [-0.4, -0.2) is 22.0 Å². The van der Waals surface area contributed by atoms with Gasteiger partial charge in [-0.25, -0.2) is 4.98 Å². The maximum atomic E-state index is 12.5. The first-order valence-corrected chi connectivity index (χ1v) is 7.86. The van der Waals surface area contributed by atoms with Gasteiger partial charge < -0.3 is 5.32 Å². The predicted molar refractivity (Wildman–Crippen MR) is 87.9 cm³/mol. The molecule has 1 aromatic heterocycles. The van der Waals surface area contributed by atoms with Crippen LogP contribution < -0.4 is 10.9 Å². The highest BCUT2D eigenvalue weighted by atomic mass is 16.1. The summed E-state index contributed by atoms with van der Waals surface area (Å²) in [5.74, 6) is 0.739. The first-order valence-electron chi connectivity index (χ1n) is 7.86. The molecule has 22 heavy (non-hydrogen) atoms. The lowest BCUT2D eigenvalue weighted by atomic mass is 10.2. The van der Waals surface area contributed by atoms with Crippen molar-refractivity contribution in [2.45, 2.75) is 46.1 Å². The second kappa shape index (κ2) is 7.73. The molecule has 118 valence electrons. The zero-order valence-electron chi connectivity index (χ0n) is 13.3. The van der Waals surface area contributed by atoms with E-state index in [0.717, 1.165) is 24.9 Å². The molecule has 2 rings (SSSR count). The molecular weight excluding hydrogens is 278 g/mol. The Balaban J connectivity index is 2.00. The summed E-state index contributed by atoms with van der Waals surface area (Å²) in [5.41, 5.74) is 0.688. The van der Waals surface area contributed by atoms with Gasteiger partial charge in [0.25, 0.3) is 5.56 Å². The van der Waals surface area contributed by atoms with Gasteiger partial charge in [-0.3, -0.25) is 14.2 Å². The highest BCUT2D eigenvalue weighted by Crippen LogP contribution is 2.08. The molecule has 0 unspecified atom stereocenters. The normalized spacial score (nSPS) is 10.8. The molecular formula is C17H23N3O2. The number of aryl methyl sites for hydroxylation is 1. The number of fused-ring (bicyclic) bond motifs is 1. The third-order valence-corrected chi connectivity index (χ3v) is 3.69. The third kappa shape index (κ3) is 3.93. The minimum atomic E-state index is -0.0329. The molecule has 0 aliphatic heterocycles. The van der Waals surface area contributed by atoms with Crippen molar-refractivity contribution in [3.8, 4) is 0 Å². The van der Waals surface area contributed by atoms with E-state index in [1.54, 1.807) is 10.6 Å². The molecule has 0 saturated heterocycles. The van der Waals surface area contributed by atoms with Crippen molar-refractivity contribution in [2.24, 2.45) is 0 Å². The number of nitrogens with one attached hydrogen (secondary N) is 1. The van der Waals surface area contributed by atoms with Crippen LogP contribution in [0.5, 0.6) is 0 Å². The van der Waals surface area contributed by atoms with Gasteiger partial charge in [0.05, 0.1) is 10.9 Å². The van der Waals surface area contributed by atoms with Crippen LogP contribution in [0.2, 0.25) is 0 Å². The van der Waals surface area contributed by atoms with Gasteiger partial charge in [0.15, 0.2) is 0 Å². The van der Waals surface area contributed by atoms with E-state index in [4.69, 9.17) is 0 Å². The molecule has 1 amide bonds. The van der Waals surface area contributed by atoms with Crippen molar-refractivity contribution in [1.29, 1.82) is 0 Å². The Labute approximate surface area is 130 Å². The minimum absolute atomic E-state index is 0.0329.